The number of hydrogen-bond acceptors (Lipinski definition) is 2. The van der Waals surface area contributed by atoms with E-state index in [-0.39, 0.29) is 5.75 Å². The molecule has 0 radical (unpaired) electrons. The Labute approximate surface area is 121 Å². The Morgan fingerprint density at radius 3 is 2.75 bits per heavy atom. The minimum Gasteiger partial charge on any atom is -0.505 e. The van der Waals surface area contributed by atoms with E-state index in [1.807, 2.05) is 0 Å². The van der Waals surface area contributed by atoms with Gasteiger partial charge in [-0.2, -0.15) is 0 Å². The third-order valence-corrected chi connectivity index (χ3v) is 4.60. The molecule has 2 nitrogen and oxygen atoms in total. The first kappa shape index (κ1) is 15.3. The van der Waals surface area contributed by atoms with Gasteiger partial charge in [0.05, 0.1) is 0 Å². The monoisotopic (exact) mass is 279 g/mol. The quantitative estimate of drug-likeness (QED) is 0.870. The number of halogens is 1. The Morgan fingerprint density at radius 1 is 1.35 bits per heavy atom. The van der Waals surface area contributed by atoms with E-state index in [0.29, 0.717) is 24.4 Å². The normalized spacial score (nSPS) is 26.9. The maximum atomic E-state index is 13.3. The van der Waals surface area contributed by atoms with Crippen molar-refractivity contribution in [1.29, 1.82) is 0 Å². The molecule has 0 saturated heterocycles. The van der Waals surface area contributed by atoms with Crippen molar-refractivity contribution in [2.75, 3.05) is 0 Å². The maximum absolute atomic E-state index is 13.3. The molecule has 2 N–H and O–H groups in total. The van der Waals surface area contributed by atoms with Gasteiger partial charge in [0, 0.05) is 12.6 Å². The lowest BCUT2D eigenvalue weighted by Crippen LogP contribution is -2.42. The number of nitrogens with one attached hydrogen (secondary N) is 1. The van der Waals surface area contributed by atoms with Crippen molar-refractivity contribution in [3.05, 3.63) is 29.6 Å². The average molecular weight is 279 g/mol. The van der Waals surface area contributed by atoms with Crippen LogP contribution in [0.2, 0.25) is 0 Å². The molecule has 3 atom stereocenters. The average Bonchev–Trinajstić information content (AvgIpc) is 2.40. The molecule has 0 spiro atoms. The highest BCUT2D eigenvalue weighted by Gasteiger charge is 2.30. The summed E-state index contributed by atoms with van der Waals surface area (Å²) >= 11 is 0. The van der Waals surface area contributed by atoms with Crippen LogP contribution in [0.5, 0.6) is 5.75 Å². The van der Waals surface area contributed by atoms with Crippen molar-refractivity contribution in [1.82, 2.24) is 5.32 Å². The molecule has 1 aliphatic carbocycles. The molecule has 112 valence electrons. The Bertz CT molecular complexity index is 447. The van der Waals surface area contributed by atoms with Crippen LogP contribution in [-0.4, -0.2) is 11.1 Å². The summed E-state index contributed by atoms with van der Waals surface area (Å²) in [5, 5.41) is 12.8. The summed E-state index contributed by atoms with van der Waals surface area (Å²) < 4.78 is 13.3. The Morgan fingerprint density at radius 2 is 2.10 bits per heavy atom. The number of rotatable bonds is 4. The lowest BCUT2D eigenvalue weighted by Gasteiger charge is -2.38. The lowest BCUT2D eigenvalue weighted by atomic mass is 9.74. The van der Waals surface area contributed by atoms with Gasteiger partial charge in [0.2, 0.25) is 0 Å². The van der Waals surface area contributed by atoms with Gasteiger partial charge in [-0.15, -0.1) is 0 Å². The van der Waals surface area contributed by atoms with Gasteiger partial charge in [-0.1, -0.05) is 33.3 Å². The second-order valence-corrected chi connectivity index (χ2v) is 6.60. The zero-order chi connectivity index (χ0) is 14.7. The molecular formula is C17H26FNO. The predicted molar refractivity (Wildman–Crippen MR) is 80.0 cm³/mol. The fourth-order valence-corrected chi connectivity index (χ4v) is 3.35. The number of benzene rings is 1. The van der Waals surface area contributed by atoms with Gasteiger partial charge in [0.15, 0.2) is 11.6 Å². The molecule has 1 fully saturated rings. The molecule has 0 heterocycles. The molecule has 20 heavy (non-hydrogen) atoms. The van der Waals surface area contributed by atoms with Crippen LogP contribution in [0, 0.1) is 23.6 Å². The molecule has 1 aromatic carbocycles. The van der Waals surface area contributed by atoms with Crippen LogP contribution < -0.4 is 5.32 Å². The van der Waals surface area contributed by atoms with Crippen molar-refractivity contribution in [3.8, 4) is 5.75 Å². The molecule has 2 rings (SSSR count). The lowest BCUT2D eigenvalue weighted by molar-refractivity contribution is 0.169. The van der Waals surface area contributed by atoms with Gasteiger partial charge < -0.3 is 10.4 Å². The number of phenols is 1. The fourth-order valence-electron chi connectivity index (χ4n) is 3.35. The molecule has 0 amide bonds. The van der Waals surface area contributed by atoms with E-state index >= 15 is 0 Å². The molecular weight excluding hydrogens is 253 g/mol. The van der Waals surface area contributed by atoms with Crippen LogP contribution in [0.4, 0.5) is 4.39 Å². The van der Waals surface area contributed by atoms with Crippen molar-refractivity contribution < 1.29 is 9.50 Å². The largest absolute Gasteiger partial charge is 0.505 e. The summed E-state index contributed by atoms with van der Waals surface area (Å²) in [5.41, 5.74) is 0.890. The summed E-state index contributed by atoms with van der Waals surface area (Å²) in [7, 11) is 0. The highest BCUT2D eigenvalue weighted by molar-refractivity contribution is 5.27. The van der Waals surface area contributed by atoms with Gasteiger partial charge in [0.1, 0.15) is 0 Å². The van der Waals surface area contributed by atoms with E-state index in [1.165, 1.54) is 31.4 Å². The maximum Gasteiger partial charge on any atom is 0.165 e. The standard InChI is InChI=1S/C17H26FNO/c1-11(2)14-6-4-12(3)8-16(14)19-10-13-5-7-17(20)15(18)9-13/h5,7,9,11-12,14,16,19-20H,4,6,8,10H2,1-3H3. The molecule has 1 saturated carbocycles. The third kappa shape index (κ3) is 3.72. The van der Waals surface area contributed by atoms with Crippen LogP contribution in [0.1, 0.15) is 45.6 Å². The summed E-state index contributed by atoms with van der Waals surface area (Å²) in [6, 6.07) is 5.13. The Hall–Kier alpha value is -1.09. The number of aromatic hydroxyl groups is 1. The van der Waals surface area contributed by atoms with Crippen LogP contribution in [0.25, 0.3) is 0 Å². The van der Waals surface area contributed by atoms with Crippen LogP contribution in [0.15, 0.2) is 18.2 Å². The van der Waals surface area contributed by atoms with E-state index in [2.05, 4.69) is 26.1 Å². The van der Waals surface area contributed by atoms with E-state index in [1.54, 1.807) is 6.07 Å². The van der Waals surface area contributed by atoms with E-state index in [0.717, 1.165) is 11.5 Å². The first-order valence-corrected chi connectivity index (χ1v) is 7.68. The van der Waals surface area contributed by atoms with Crippen molar-refractivity contribution >= 4 is 0 Å². The topological polar surface area (TPSA) is 32.3 Å². The fraction of sp³-hybridized carbons (Fsp3) is 0.647. The number of phenolic OH excluding ortho intramolecular Hbond substituents is 1. The second kappa shape index (κ2) is 6.57. The summed E-state index contributed by atoms with van der Waals surface area (Å²) in [5.74, 6) is 1.32. The van der Waals surface area contributed by atoms with Crippen LogP contribution >= 0.6 is 0 Å². The third-order valence-electron chi connectivity index (χ3n) is 4.60. The summed E-state index contributed by atoms with van der Waals surface area (Å²) in [6.07, 6.45) is 3.79. The molecule has 1 aromatic rings. The second-order valence-electron chi connectivity index (χ2n) is 6.60. The highest BCUT2D eigenvalue weighted by Crippen LogP contribution is 2.33. The smallest absolute Gasteiger partial charge is 0.165 e. The molecule has 1 aliphatic rings. The number of hydrogen-bond donors (Lipinski definition) is 2. The van der Waals surface area contributed by atoms with Gasteiger partial charge in [-0.05, 0) is 48.3 Å². The van der Waals surface area contributed by atoms with E-state index in [9.17, 15) is 9.50 Å². The first-order chi connectivity index (χ1) is 9.47. The minimum absolute atomic E-state index is 0.278. The van der Waals surface area contributed by atoms with Crippen molar-refractivity contribution in [3.63, 3.8) is 0 Å². The molecule has 3 unspecified atom stereocenters. The molecule has 3 heteroatoms. The van der Waals surface area contributed by atoms with Crippen molar-refractivity contribution in [2.24, 2.45) is 17.8 Å². The predicted octanol–water partition coefficient (Wildman–Crippen LogP) is 4.08. The minimum atomic E-state index is -0.540. The summed E-state index contributed by atoms with van der Waals surface area (Å²) in [4.78, 5) is 0. The van der Waals surface area contributed by atoms with Crippen LogP contribution in [-0.2, 0) is 6.54 Å². The SMILES string of the molecule is CC1CCC(C(C)C)C(NCc2ccc(O)c(F)c2)C1. The van der Waals surface area contributed by atoms with Gasteiger partial charge in [-0.25, -0.2) is 4.39 Å². The molecule has 0 bridgehead atoms. The highest BCUT2D eigenvalue weighted by atomic mass is 19.1. The molecule has 0 aliphatic heterocycles. The zero-order valence-corrected chi connectivity index (χ0v) is 12.7. The van der Waals surface area contributed by atoms with Gasteiger partial charge >= 0.3 is 0 Å². The van der Waals surface area contributed by atoms with Crippen molar-refractivity contribution in [2.45, 2.75) is 52.6 Å². The Balaban J connectivity index is 1.98. The Kier molecular flexibility index (Phi) is 5.03. The van der Waals surface area contributed by atoms with Gasteiger partial charge in [0.25, 0.3) is 0 Å². The van der Waals surface area contributed by atoms with Crippen LogP contribution in [0.3, 0.4) is 0 Å². The first-order valence-electron chi connectivity index (χ1n) is 7.68. The molecule has 0 aromatic heterocycles. The summed E-state index contributed by atoms with van der Waals surface area (Å²) in [6.45, 7) is 7.55. The zero-order valence-electron chi connectivity index (χ0n) is 12.7. The van der Waals surface area contributed by atoms with Gasteiger partial charge in [-0.3, -0.25) is 0 Å². The van der Waals surface area contributed by atoms with E-state index in [4.69, 9.17) is 0 Å². The van der Waals surface area contributed by atoms with E-state index < -0.39 is 5.82 Å².